The van der Waals surface area contributed by atoms with Crippen LogP contribution in [0.5, 0.6) is 5.88 Å². The van der Waals surface area contributed by atoms with Gasteiger partial charge in [0.05, 0.1) is 12.6 Å². The SMILES string of the molecule is COc1cccc2c(-c3ccncc3)c(-c3ccc(F)cc3)nn12. The Morgan fingerprint density at radius 2 is 1.67 bits per heavy atom. The zero-order valence-corrected chi connectivity index (χ0v) is 13.0. The molecule has 0 bridgehead atoms. The van der Waals surface area contributed by atoms with Crippen molar-refractivity contribution in [1.82, 2.24) is 14.6 Å². The van der Waals surface area contributed by atoms with E-state index in [0.717, 1.165) is 27.9 Å². The minimum atomic E-state index is -0.273. The molecule has 0 amide bonds. The van der Waals surface area contributed by atoms with Gasteiger partial charge in [0.2, 0.25) is 5.88 Å². The van der Waals surface area contributed by atoms with E-state index in [4.69, 9.17) is 9.84 Å². The fraction of sp³-hybridized carbons (Fsp3) is 0.0526. The summed E-state index contributed by atoms with van der Waals surface area (Å²) >= 11 is 0. The van der Waals surface area contributed by atoms with Crippen LogP contribution in [-0.4, -0.2) is 21.7 Å². The van der Waals surface area contributed by atoms with E-state index in [0.29, 0.717) is 5.88 Å². The lowest BCUT2D eigenvalue weighted by molar-refractivity contribution is 0.386. The Kier molecular flexibility index (Phi) is 3.46. The van der Waals surface area contributed by atoms with Crippen molar-refractivity contribution in [3.63, 3.8) is 0 Å². The molecule has 4 aromatic rings. The highest BCUT2D eigenvalue weighted by Gasteiger charge is 2.18. The van der Waals surface area contributed by atoms with Gasteiger partial charge in [-0.2, -0.15) is 9.61 Å². The maximum Gasteiger partial charge on any atom is 0.214 e. The molecular formula is C19H14FN3O. The summed E-state index contributed by atoms with van der Waals surface area (Å²) in [5.41, 5.74) is 4.48. The first kappa shape index (κ1) is 14.4. The van der Waals surface area contributed by atoms with Gasteiger partial charge in [0, 0.05) is 29.6 Å². The zero-order valence-electron chi connectivity index (χ0n) is 13.0. The second-order valence-electron chi connectivity index (χ2n) is 5.33. The third kappa shape index (κ3) is 2.31. The van der Waals surface area contributed by atoms with E-state index in [-0.39, 0.29) is 5.82 Å². The molecule has 3 heterocycles. The third-order valence-electron chi connectivity index (χ3n) is 3.92. The summed E-state index contributed by atoms with van der Waals surface area (Å²) in [4.78, 5) is 4.08. The molecule has 1 aromatic carbocycles. The number of ether oxygens (including phenoxy) is 1. The molecule has 0 N–H and O–H groups in total. The smallest absolute Gasteiger partial charge is 0.214 e. The molecule has 3 aromatic heterocycles. The Labute approximate surface area is 138 Å². The van der Waals surface area contributed by atoms with Crippen LogP contribution in [0.25, 0.3) is 27.9 Å². The van der Waals surface area contributed by atoms with Crippen LogP contribution in [0.4, 0.5) is 4.39 Å². The van der Waals surface area contributed by atoms with Crippen molar-refractivity contribution < 1.29 is 9.13 Å². The topological polar surface area (TPSA) is 39.4 Å². The predicted octanol–water partition coefficient (Wildman–Crippen LogP) is 4.21. The maximum absolute atomic E-state index is 13.3. The molecule has 0 aliphatic carbocycles. The average Bonchev–Trinajstić information content (AvgIpc) is 3.02. The molecular weight excluding hydrogens is 305 g/mol. The highest BCUT2D eigenvalue weighted by molar-refractivity contribution is 5.92. The van der Waals surface area contributed by atoms with Gasteiger partial charge in [-0.3, -0.25) is 4.98 Å². The molecule has 0 unspecified atom stereocenters. The fourth-order valence-corrected chi connectivity index (χ4v) is 2.81. The Morgan fingerprint density at radius 1 is 0.917 bits per heavy atom. The molecule has 4 rings (SSSR count). The van der Waals surface area contributed by atoms with E-state index in [2.05, 4.69) is 4.98 Å². The van der Waals surface area contributed by atoms with Crippen molar-refractivity contribution in [2.24, 2.45) is 0 Å². The molecule has 0 aliphatic heterocycles. The number of aromatic nitrogens is 3. The lowest BCUT2D eigenvalue weighted by atomic mass is 10.0. The van der Waals surface area contributed by atoms with Gasteiger partial charge in [-0.15, -0.1) is 0 Å². The van der Waals surface area contributed by atoms with E-state index in [1.54, 1.807) is 36.2 Å². The van der Waals surface area contributed by atoms with Gasteiger partial charge in [0.25, 0.3) is 0 Å². The summed E-state index contributed by atoms with van der Waals surface area (Å²) in [7, 11) is 1.61. The van der Waals surface area contributed by atoms with Crippen molar-refractivity contribution in [3.8, 4) is 28.3 Å². The summed E-state index contributed by atoms with van der Waals surface area (Å²) in [5, 5.41) is 4.71. The highest BCUT2D eigenvalue weighted by atomic mass is 19.1. The summed E-state index contributed by atoms with van der Waals surface area (Å²) in [6.45, 7) is 0. The first-order chi connectivity index (χ1) is 11.8. The standard InChI is InChI=1S/C19H14FN3O/c1-24-17-4-2-3-16-18(13-9-11-21-12-10-13)19(22-23(16)17)14-5-7-15(20)8-6-14/h2-12H,1H3. The predicted molar refractivity (Wildman–Crippen MR) is 90.4 cm³/mol. The third-order valence-corrected chi connectivity index (χ3v) is 3.92. The molecule has 24 heavy (non-hydrogen) atoms. The molecule has 4 nitrogen and oxygen atoms in total. The van der Waals surface area contributed by atoms with Crippen LogP contribution in [-0.2, 0) is 0 Å². The second-order valence-corrected chi connectivity index (χ2v) is 5.33. The molecule has 0 saturated carbocycles. The molecule has 118 valence electrons. The van der Waals surface area contributed by atoms with Crippen LogP contribution in [0.15, 0.2) is 67.0 Å². The Balaban J connectivity index is 2.06. The van der Waals surface area contributed by atoms with Crippen molar-refractivity contribution in [1.29, 1.82) is 0 Å². The lowest BCUT2D eigenvalue weighted by Gasteiger charge is -2.04. The molecule has 0 atom stereocenters. The van der Waals surface area contributed by atoms with Crippen LogP contribution in [0.2, 0.25) is 0 Å². The first-order valence-electron chi connectivity index (χ1n) is 7.50. The van der Waals surface area contributed by atoms with E-state index < -0.39 is 0 Å². The van der Waals surface area contributed by atoms with Gasteiger partial charge >= 0.3 is 0 Å². The number of hydrogen-bond donors (Lipinski definition) is 0. The minimum absolute atomic E-state index is 0.273. The van der Waals surface area contributed by atoms with Crippen LogP contribution in [0.1, 0.15) is 0 Å². The summed E-state index contributed by atoms with van der Waals surface area (Å²) < 4.78 is 20.5. The van der Waals surface area contributed by atoms with Crippen molar-refractivity contribution in [2.45, 2.75) is 0 Å². The van der Waals surface area contributed by atoms with Crippen LogP contribution in [0, 0.1) is 5.82 Å². The molecule has 0 aliphatic rings. The normalized spacial score (nSPS) is 10.9. The molecule has 0 fully saturated rings. The molecule has 0 saturated heterocycles. The number of fused-ring (bicyclic) bond motifs is 1. The number of nitrogens with zero attached hydrogens (tertiary/aromatic N) is 3. The van der Waals surface area contributed by atoms with Gasteiger partial charge in [0.15, 0.2) is 0 Å². The van der Waals surface area contributed by atoms with Crippen LogP contribution < -0.4 is 4.74 Å². The largest absolute Gasteiger partial charge is 0.481 e. The average molecular weight is 319 g/mol. The fourth-order valence-electron chi connectivity index (χ4n) is 2.81. The van der Waals surface area contributed by atoms with Gasteiger partial charge < -0.3 is 4.74 Å². The van der Waals surface area contributed by atoms with Crippen molar-refractivity contribution >= 4 is 5.52 Å². The number of rotatable bonds is 3. The van der Waals surface area contributed by atoms with Crippen molar-refractivity contribution in [2.75, 3.05) is 7.11 Å². The van der Waals surface area contributed by atoms with Gasteiger partial charge in [0.1, 0.15) is 11.5 Å². The Bertz CT molecular complexity index is 994. The number of benzene rings is 1. The van der Waals surface area contributed by atoms with E-state index in [9.17, 15) is 4.39 Å². The first-order valence-corrected chi connectivity index (χ1v) is 7.50. The molecule has 0 spiro atoms. The summed E-state index contributed by atoms with van der Waals surface area (Å²) in [5.74, 6) is 0.363. The lowest BCUT2D eigenvalue weighted by Crippen LogP contribution is -1.94. The summed E-state index contributed by atoms with van der Waals surface area (Å²) in [6, 6.07) is 16.0. The van der Waals surface area contributed by atoms with E-state index in [1.165, 1.54) is 12.1 Å². The molecule has 0 radical (unpaired) electrons. The van der Waals surface area contributed by atoms with Crippen LogP contribution in [0.3, 0.4) is 0 Å². The monoisotopic (exact) mass is 319 g/mol. The number of methoxy groups -OCH3 is 1. The molecule has 5 heteroatoms. The Hall–Kier alpha value is -3.21. The zero-order chi connectivity index (χ0) is 16.5. The summed E-state index contributed by atoms with van der Waals surface area (Å²) in [6.07, 6.45) is 3.49. The van der Waals surface area contributed by atoms with Crippen molar-refractivity contribution in [3.05, 3.63) is 72.8 Å². The number of hydrogen-bond acceptors (Lipinski definition) is 3. The highest BCUT2D eigenvalue weighted by Crippen LogP contribution is 2.36. The second kappa shape index (κ2) is 5.77. The quantitative estimate of drug-likeness (QED) is 0.568. The van der Waals surface area contributed by atoms with Gasteiger partial charge in [-0.25, -0.2) is 4.39 Å². The van der Waals surface area contributed by atoms with Gasteiger partial charge in [-0.05, 0) is 48.0 Å². The number of halogens is 1. The number of pyridine rings is 2. The maximum atomic E-state index is 13.3. The van der Waals surface area contributed by atoms with E-state index >= 15 is 0 Å². The Morgan fingerprint density at radius 3 is 2.38 bits per heavy atom. The van der Waals surface area contributed by atoms with Gasteiger partial charge in [-0.1, -0.05) is 6.07 Å². The van der Waals surface area contributed by atoms with Crippen LogP contribution >= 0.6 is 0 Å². The minimum Gasteiger partial charge on any atom is -0.481 e. The van der Waals surface area contributed by atoms with E-state index in [1.807, 2.05) is 30.3 Å².